The predicted octanol–water partition coefficient (Wildman–Crippen LogP) is 5.20. The average molecular weight is 350 g/mol. The maximum absolute atomic E-state index is 3.61. The normalized spacial score (nSPS) is 12.3. The Labute approximate surface area is 134 Å². The van der Waals surface area contributed by atoms with Crippen LogP contribution in [0.3, 0.4) is 0 Å². The quantitative estimate of drug-likeness (QED) is 0.719. The zero-order valence-electron chi connectivity index (χ0n) is 11.9. The summed E-state index contributed by atoms with van der Waals surface area (Å²) in [7, 11) is 0. The number of halogens is 1. The summed E-state index contributed by atoms with van der Waals surface area (Å²) in [4.78, 5) is 1.29. The third-order valence-corrected chi connectivity index (χ3v) is 5.26. The maximum Gasteiger partial charge on any atom is 0.0415 e. The van der Waals surface area contributed by atoms with Crippen molar-refractivity contribution in [1.82, 2.24) is 5.32 Å². The molecule has 0 heterocycles. The number of aryl methyl sites for hydroxylation is 1. The van der Waals surface area contributed by atoms with Crippen LogP contribution in [0.1, 0.15) is 24.1 Å². The molecule has 2 aromatic carbocycles. The molecule has 3 heteroatoms. The first-order valence-corrected chi connectivity index (χ1v) is 8.66. The third-order valence-electron chi connectivity index (χ3n) is 3.14. The van der Waals surface area contributed by atoms with Crippen molar-refractivity contribution in [3.05, 3.63) is 64.1 Å². The molecule has 106 valence electrons. The predicted molar refractivity (Wildman–Crippen MR) is 92.5 cm³/mol. The van der Waals surface area contributed by atoms with E-state index in [0.717, 1.165) is 12.3 Å². The molecule has 0 aliphatic heterocycles. The molecule has 1 N–H and O–H groups in total. The van der Waals surface area contributed by atoms with E-state index >= 15 is 0 Å². The molecule has 1 nitrogen and oxygen atoms in total. The highest BCUT2D eigenvalue weighted by Gasteiger charge is 2.11. The summed E-state index contributed by atoms with van der Waals surface area (Å²) in [6.07, 6.45) is 0. The van der Waals surface area contributed by atoms with Crippen LogP contribution in [0.4, 0.5) is 0 Å². The summed E-state index contributed by atoms with van der Waals surface area (Å²) in [6, 6.07) is 17.5. The van der Waals surface area contributed by atoms with Crippen LogP contribution in [0.2, 0.25) is 0 Å². The Bertz CT molecular complexity index is 556. The number of nitrogens with one attached hydrogen (secondary N) is 1. The smallest absolute Gasteiger partial charge is 0.0415 e. The van der Waals surface area contributed by atoms with Gasteiger partial charge in [0.15, 0.2) is 0 Å². The van der Waals surface area contributed by atoms with Crippen LogP contribution in [-0.2, 0) is 0 Å². The van der Waals surface area contributed by atoms with Gasteiger partial charge in [0.05, 0.1) is 0 Å². The van der Waals surface area contributed by atoms with E-state index in [-0.39, 0.29) is 0 Å². The zero-order valence-corrected chi connectivity index (χ0v) is 14.3. The molecule has 0 saturated heterocycles. The first kappa shape index (κ1) is 15.6. The van der Waals surface area contributed by atoms with E-state index in [0.29, 0.717) is 6.04 Å². The Morgan fingerprint density at radius 2 is 1.95 bits per heavy atom. The Kier molecular flexibility index (Phi) is 6.14. The van der Waals surface area contributed by atoms with Gasteiger partial charge in [-0.25, -0.2) is 0 Å². The van der Waals surface area contributed by atoms with Crippen molar-refractivity contribution < 1.29 is 0 Å². The van der Waals surface area contributed by atoms with Gasteiger partial charge in [0.1, 0.15) is 0 Å². The molecule has 2 aromatic rings. The second kappa shape index (κ2) is 7.87. The second-order valence-corrected chi connectivity index (χ2v) is 6.68. The highest BCUT2D eigenvalue weighted by molar-refractivity contribution is 9.10. The summed E-state index contributed by atoms with van der Waals surface area (Å²) in [5.74, 6) is 1.03. The minimum atomic E-state index is 0.386. The molecule has 0 radical (unpaired) electrons. The van der Waals surface area contributed by atoms with Crippen LogP contribution in [0.15, 0.2) is 57.9 Å². The first-order chi connectivity index (χ1) is 9.70. The van der Waals surface area contributed by atoms with Crippen LogP contribution in [0, 0.1) is 6.92 Å². The van der Waals surface area contributed by atoms with E-state index in [1.807, 2.05) is 11.8 Å². The Balaban J connectivity index is 2.08. The van der Waals surface area contributed by atoms with Crippen LogP contribution < -0.4 is 5.32 Å². The van der Waals surface area contributed by atoms with Crippen molar-refractivity contribution in [3.8, 4) is 0 Å². The number of rotatable bonds is 6. The molecule has 0 aliphatic carbocycles. The minimum Gasteiger partial charge on any atom is -0.309 e. The molecule has 1 unspecified atom stereocenters. The summed E-state index contributed by atoms with van der Waals surface area (Å²) in [6.45, 7) is 5.29. The molecule has 0 bridgehead atoms. The molecule has 0 aromatic heterocycles. The molecule has 0 saturated carbocycles. The van der Waals surface area contributed by atoms with Crippen LogP contribution >= 0.6 is 27.7 Å². The zero-order chi connectivity index (χ0) is 14.4. The largest absolute Gasteiger partial charge is 0.309 e. The van der Waals surface area contributed by atoms with Crippen molar-refractivity contribution in [2.75, 3.05) is 12.3 Å². The van der Waals surface area contributed by atoms with Gasteiger partial charge < -0.3 is 5.32 Å². The Morgan fingerprint density at radius 3 is 2.65 bits per heavy atom. The average Bonchev–Trinajstić information content (AvgIpc) is 2.45. The molecule has 0 spiro atoms. The summed E-state index contributed by atoms with van der Waals surface area (Å²) in [5, 5.41) is 3.58. The summed E-state index contributed by atoms with van der Waals surface area (Å²) >= 11 is 5.50. The van der Waals surface area contributed by atoms with Gasteiger partial charge >= 0.3 is 0 Å². The number of benzene rings is 2. The lowest BCUT2D eigenvalue weighted by Crippen LogP contribution is -2.23. The fraction of sp³-hybridized carbons (Fsp3) is 0.294. The molecule has 20 heavy (non-hydrogen) atoms. The van der Waals surface area contributed by atoms with E-state index in [1.165, 1.54) is 20.5 Å². The topological polar surface area (TPSA) is 12.0 Å². The van der Waals surface area contributed by atoms with E-state index in [2.05, 4.69) is 83.6 Å². The van der Waals surface area contributed by atoms with Gasteiger partial charge in [-0.05, 0) is 47.1 Å². The van der Waals surface area contributed by atoms with Gasteiger partial charge in [0.2, 0.25) is 0 Å². The molecule has 0 aliphatic rings. The van der Waals surface area contributed by atoms with Gasteiger partial charge in [-0.3, -0.25) is 0 Å². The molecule has 0 amide bonds. The highest BCUT2D eigenvalue weighted by atomic mass is 79.9. The SMILES string of the molecule is CCNC(CSc1ccccc1Br)c1cccc(C)c1. The van der Waals surface area contributed by atoms with E-state index in [1.54, 1.807) is 0 Å². The van der Waals surface area contributed by atoms with Crippen molar-refractivity contribution in [2.24, 2.45) is 0 Å². The van der Waals surface area contributed by atoms with Crippen molar-refractivity contribution in [3.63, 3.8) is 0 Å². The minimum absolute atomic E-state index is 0.386. The van der Waals surface area contributed by atoms with E-state index < -0.39 is 0 Å². The van der Waals surface area contributed by atoms with Gasteiger partial charge in [-0.1, -0.05) is 48.9 Å². The monoisotopic (exact) mass is 349 g/mol. The second-order valence-electron chi connectivity index (χ2n) is 4.77. The molecule has 2 rings (SSSR count). The number of hydrogen-bond acceptors (Lipinski definition) is 2. The fourth-order valence-corrected chi connectivity index (χ4v) is 3.81. The lowest BCUT2D eigenvalue weighted by Gasteiger charge is -2.19. The lowest BCUT2D eigenvalue weighted by atomic mass is 10.1. The standard InChI is InChI=1S/C17H20BrNS/c1-3-19-16(14-8-6-7-13(2)11-14)12-20-17-10-5-4-9-15(17)18/h4-11,16,19H,3,12H2,1-2H3. The lowest BCUT2D eigenvalue weighted by molar-refractivity contribution is 0.605. The van der Waals surface area contributed by atoms with E-state index in [4.69, 9.17) is 0 Å². The van der Waals surface area contributed by atoms with Crippen LogP contribution in [0.5, 0.6) is 0 Å². The molecule has 0 fully saturated rings. The first-order valence-electron chi connectivity index (χ1n) is 6.88. The number of thioether (sulfide) groups is 1. The molecular weight excluding hydrogens is 330 g/mol. The van der Waals surface area contributed by atoms with E-state index in [9.17, 15) is 0 Å². The van der Waals surface area contributed by atoms with Gasteiger partial charge in [0, 0.05) is 21.2 Å². The van der Waals surface area contributed by atoms with Crippen molar-refractivity contribution in [2.45, 2.75) is 24.8 Å². The van der Waals surface area contributed by atoms with Crippen LogP contribution in [0.25, 0.3) is 0 Å². The third kappa shape index (κ3) is 4.37. The summed E-state index contributed by atoms with van der Waals surface area (Å²) in [5.41, 5.74) is 2.68. The van der Waals surface area contributed by atoms with Crippen LogP contribution in [-0.4, -0.2) is 12.3 Å². The summed E-state index contributed by atoms with van der Waals surface area (Å²) < 4.78 is 1.17. The highest BCUT2D eigenvalue weighted by Crippen LogP contribution is 2.30. The van der Waals surface area contributed by atoms with Crippen molar-refractivity contribution >= 4 is 27.7 Å². The van der Waals surface area contributed by atoms with Gasteiger partial charge in [-0.15, -0.1) is 11.8 Å². The van der Waals surface area contributed by atoms with Crippen molar-refractivity contribution in [1.29, 1.82) is 0 Å². The maximum atomic E-state index is 3.61. The van der Waals surface area contributed by atoms with Gasteiger partial charge in [-0.2, -0.15) is 0 Å². The molecule has 1 atom stereocenters. The number of hydrogen-bond donors (Lipinski definition) is 1. The fourth-order valence-electron chi connectivity index (χ4n) is 2.14. The Morgan fingerprint density at radius 1 is 1.15 bits per heavy atom. The Hall–Kier alpha value is -0.770. The van der Waals surface area contributed by atoms with Gasteiger partial charge in [0.25, 0.3) is 0 Å². The molecular formula is C17H20BrNS.